The van der Waals surface area contributed by atoms with E-state index in [1.165, 1.54) is 6.20 Å². The van der Waals surface area contributed by atoms with Crippen LogP contribution in [0.5, 0.6) is 11.8 Å². The van der Waals surface area contributed by atoms with Crippen molar-refractivity contribution in [3.63, 3.8) is 0 Å². The molecule has 0 aliphatic carbocycles. The minimum absolute atomic E-state index is 0. The number of rotatable bonds is 4. The fourth-order valence-corrected chi connectivity index (χ4v) is 3.78. The highest BCUT2D eigenvalue weighted by molar-refractivity contribution is 6.04. The van der Waals surface area contributed by atoms with E-state index >= 15 is 0 Å². The molecule has 1 aliphatic rings. The standard InChI is InChI=1S/C20H17F2N5O2.CH4O.H2/c1-11-14(19-27(26-11)9-4-10-28-19)16-15(12-5-2-7-23-17(12)25-16)13-6-3-8-24-18(13)29-20(21)22;1-2;/h2-3,5-8,20H,4,9-10H2,1H3,(H,23,25);2H,1H3;1H. The molecule has 31 heavy (non-hydrogen) atoms. The van der Waals surface area contributed by atoms with E-state index in [4.69, 9.17) is 14.6 Å². The number of ether oxygens (including phenoxy) is 2. The Kier molecular flexibility index (Phi) is 5.81. The van der Waals surface area contributed by atoms with Crippen molar-refractivity contribution in [2.45, 2.75) is 26.5 Å². The van der Waals surface area contributed by atoms with Gasteiger partial charge in [-0.15, -0.1) is 0 Å². The molecule has 0 aromatic carbocycles. The molecule has 0 spiro atoms. The van der Waals surface area contributed by atoms with Gasteiger partial charge in [0.05, 0.1) is 23.6 Å². The van der Waals surface area contributed by atoms with E-state index < -0.39 is 6.61 Å². The third-order valence-corrected chi connectivity index (χ3v) is 4.90. The van der Waals surface area contributed by atoms with Crippen LogP contribution in [0, 0.1) is 6.92 Å². The minimum atomic E-state index is -2.98. The van der Waals surface area contributed by atoms with Crippen molar-refractivity contribution >= 4 is 11.0 Å². The Hall–Kier alpha value is -3.53. The third kappa shape index (κ3) is 3.70. The number of H-pyrrole nitrogens is 1. The highest BCUT2D eigenvalue weighted by atomic mass is 19.3. The number of hydrogen-bond donors (Lipinski definition) is 2. The molecule has 5 rings (SSSR count). The van der Waals surface area contributed by atoms with Crippen LogP contribution in [0.25, 0.3) is 33.4 Å². The smallest absolute Gasteiger partial charge is 0.388 e. The maximum atomic E-state index is 13.0. The Bertz CT molecular complexity index is 1210. The van der Waals surface area contributed by atoms with Crippen molar-refractivity contribution in [2.24, 2.45) is 0 Å². The number of aliphatic hydroxyl groups is 1. The summed E-state index contributed by atoms with van der Waals surface area (Å²) in [7, 11) is 1.00. The number of hydrogen-bond acceptors (Lipinski definition) is 6. The van der Waals surface area contributed by atoms with E-state index in [0.717, 1.165) is 36.7 Å². The molecule has 164 valence electrons. The molecule has 0 fully saturated rings. The number of aromatic amines is 1. The molecule has 4 aromatic heterocycles. The van der Waals surface area contributed by atoms with Crippen molar-refractivity contribution in [1.29, 1.82) is 0 Å². The van der Waals surface area contributed by atoms with Crippen LogP contribution in [0.15, 0.2) is 36.7 Å². The predicted octanol–water partition coefficient (Wildman–Crippen LogP) is 4.04. The monoisotopic (exact) mass is 431 g/mol. The molecule has 2 N–H and O–H groups in total. The first kappa shape index (κ1) is 20.7. The summed E-state index contributed by atoms with van der Waals surface area (Å²) in [6.07, 6.45) is 3.97. The second kappa shape index (κ2) is 8.68. The fourth-order valence-electron chi connectivity index (χ4n) is 3.78. The van der Waals surface area contributed by atoms with Crippen LogP contribution in [-0.2, 0) is 6.54 Å². The molecule has 0 bridgehead atoms. The highest BCUT2D eigenvalue weighted by Crippen LogP contribution is 2.45. The molecule has 8 nitrogen and oxygen atoms in total. The summed E-state index contributed by atoms with van der Waals surface area (Å²) in [5.41, 5.74) is 3.98. The topological polar surface area (TPSA) is 98.1 Å². The molecule has 0 unspecified atom stereocenters. The number of halogens is 2. The summed E-state index contributed by atoms with van der Waals surface area (Å²) >= 11 is 0. The van der Waals surface area contributed by atoms with Gasteiger partial charge in [-0.2, -0.15) is 13.9 Å². The van der Waals surface area contributed by atoms with Crippen molar-refractivity contribution < 1.29 is 24.8 Å². The van der Waals surface area contributed by atoms with Gasteiger partial charge in [0, 0.05) is 50.4 Å². The second-order valence-corrected chi connectivity index (χ2v) is 6.70. The summed E-state index contributed by atoms with van der Waals surface area (Å²) in [5, 5.41) is 12.4. The van der Waals surface area contributed by atoms with Crippen molar-refractivity contribution in [3.8, 4) is 34.1 Å². The number of alkyl halides is 2. The molecule has 0 saturated heterocycles. The van der Waals surface area contributed by atoms with Gasteiger partial charge in [0.2, 0.25) is 11.8 Å². The summed E-state index contributed by atoms with van der Waals surface area (Å²) in [4.78, 5) is 11.7. The third-order valence-electron chi connectivity index (χ3n) is 4.90. The predicted molar refractivity (Wildman–Crippen MR) is 112 cm³/mol. The highest BCUT2D eigenvalue weighted by Gasteiger charge is 2.28. The zero-order valence-corrected chi connectivity index (χ0v) is 17.0. The molecule has 10 heteroatoms. The molecule has 0 atom stereocenters. The van der Waals surface area contributed by atoms with Crippen LogP contribution >= 0.6 is 0 Å². The Balaban J connectivity index is 0.000000938. The maximum absolute atomic E-state index is 13.0. The molecule has 0 radical (unpaired) electrons. The Morgan fingerprint density at radius 3 is 2.77 bits per heavy atom. The quantitative estimate of drug-likeness (QED) is 0.506. The largest absolute Gasteiger partial charge is 0.477 e. The van der Waals surface area contributed by atoms with Gasteiger partial charge in [0.15, 0.2) is 0 Å². The summed E-state index contributed by atoms with van der Waals surface area (Å²) < 4.78 is 38.4. The van der Waals surface area contributed by atoms with Gasteiger partial charge in [-0.05, 0) is 31.2 Å². The van der Waals surface area contributed by atoms with Crippen LogP contribution in [0.1, 0.15) is 13.5 Å². The van der Waals surface area contributed by atoms with Crippen LogP contribution in [0.3, 0.4) is 0 Å². The van der Waals surface area contributed by atoms with E-state index in [0.29, 0.717) is 35.0 Å². The number of aromatic nitrogens is 5. The first-order chi connectivity index (χ1) is 15.1. The summed E-state index contributed by atoms with van der Waals surface area (Å²) in [5.74, 6) is 0.509. The minimum Gasteiger partial charge on any atom is -0.477 e. The lowest BCUT2D eigenvalue weighted by atomic mass is 9.99. The number of aliphatic hydroxyl groups excluding tert-OH is 1. The fraction of sp³-hybridized carbons (Fsp3) is 0.286. The zero-order valence-electron chi connectivity index (χ0n) is 17.0. The maximum Gasteiger partial charge on any atom is 0.388 e. The number of nitrogens with one attached hydrogen (secondary N) is 1. The first-order valence-electron chi connectivity index (χ1n) is 9.65. The van der Waals surface area contributed by atoms with Crippen LogP contribution in [0.4, 0.5) is 8.78 Å². The lowest BCUT2D eigenvalue weighted by Crippen LogP contribution is -2.15. The van der Waals surface area contributed by atoms with E-state index in [2.05, 4.69) is 20.1 Å². The molecular weight excluding hydrogens is 408 g/mol. The van der Waals surface area contributed by atoms with E-state index in [9.17, 15) is 8.78 Å². The first-order valence-corrected chi connectivity index (χ1v) is 9.65. The molecule has 0 amide bonds. The van der Waals surface area contributed by atoms with Gasteiger partial charge < -0.3 is 19.6 Å². The van der Waals surface area contributed by atoms with E-state index in [-0.39, 0.29) is 7.31 Å². The zero-order chi connectivity index (χ0) is 22.0. The molecule has 4 aromatic rings. The Morgan fingerprint density at radius 2 is 1.97 bits per heavy atom. The second-order valence-electron chi connectivity index (χ2n) is 6.70. The normalized spacial score (nSPS) is 12.8. The van der Waals surface area contributed by atoms with Crippen molar-refractivity contribution in [3.05, 3.63) is 42.4 Å². The van der Waals surface area contributed by atoms with Gasteiger partial charge in [0.1, 0.15) is 5.65 Å². The van der Waals surface area contributed by atoms with Crippen molar-refractivity contribution in [2.75, 3.05) is 13.7 Å². The number of aryl methyl sites for hydroxylation is 2. The lowest BCUT2D eigenvalue weighted by molar-refractivity contribution is -0.0524. The van der Waals surface area contributed by atoms with Crippen LogP contribution in [-0.4, -0.2) is 50.2 Å². The van der Waals surface area contributed by atoms with E-state index in [1.54, 1.807) is 24.4 Å². The summed E-state index contributed by atoms with van der Waals surface area (Å²) in [6, 6.07) is 7.06. The average Bonchev–Trinajstić information content (AvgIpc) is 3.31. The van der Waals surface area contributed by atoms with E-state index in [1.807, 2.05) is 17.7 Å². The number of nitrogens with zero attached hydrogens (tertiary/aromatic N) is 4. The van der Waals surface area contributed by atoms with Crippen LogP contribution in [0.2, 0.25) is 0 Å². The van der Waals surface area contributed by atoms with Crippen LogP contribution < -0.4 is 9.47 Å². The SMILES string of the molecule is CO.Cc1nn2c(c1-c1[nH]c3ncccc3c1-c1cccnc1OC(F)F)OCCC2.[HH]. The summed E-state index contributed by atoms with van der Waals surface area (Å²) in [6.45, 7) is 0.270. The Morgan fingerprint density at radius 1 is 1.19 bits per heavy atom. The molecule has 5 heterocycles. The van der Waals surface area contributed by atoms with Crippen molar-refractivity contribution in [1.82, 2.24) is 24.7 Å². The average molecular weight is 431 g/mol. The molecular formula is C21H23F2N5O3. The number of fused-ring (bicyclic) bond motifs is 2. The van der Waals surface area contributed by atoms with Gasteiger partial charge >= 0.3 is 6.61 Å². The molecule has 1 aliphatic heterocycles. The van der Waals surface area contributed by atoms with Gasteiger partial charge in [0.25, 0.3) is 0 Å². The lowest BCUT2D eigenvalue weighted by Gasteiger charge is -2.16. The number of pyridine rings is 2. The van der Waals surface area contributed by atoms with Gasteiger partial charge in [-0.1, -0.05) is 0 Å². The van der Waals surface area contributed by atoms with Gasteiger partial charge in [-0.3, -0.25) is 0 Å². The van der Waals surface area contributed by atoms with Gasteiger partial charge in [-0.25, -0.2) is 14.6 Å². The Labute approximate surface area is 178 Å². The molecule has 0 saturated carbocycles.